The van der Waals surface area contributed by atoms with Gasteiger partial charge in [0.2, 0.25) is 11.1 Å². The molecule has 0 atom stereocenters. The van der Waals surface area contributed by atoms with Crippen LogP contribution in [-0.2, 0) is 4.79 Å². The topological polar surface area (TPSA) is 85.8 Å². The second-order valence-electron chi connectivity index (χ2n) is 3.49. The van der Waals surface area contributed by atoms with Gasteiger partial charge in [-0.25, -0.2) is 13.5 Å². The highest BCUT2D eigenvalue weighted by Crippen LogP contribution is 2.15. The zero-order valence-electron chi connectivity index (χ0n) is 9.51. The van der Waals surface area contributed by atoms with Crippen LogP contribution in [0.5, 0.6) is 0 Å². The number of nitrogens with one attached hydrogen (secondary N) is 1. The van der Waals surface area contributed by atoms with Crippen LogP contribution in [0.3, 0.4) is 0 Å². The van der Waals surface area contributed by atoms with Gasteiger partial charge in [-0.15, -0.1) is 10.2 Å². The van der Waals surface area contributed by atoms with Gasteiger partial charge >= 0.3 is 0 Å². The number of nitrogen functional groups attached to an aromatic ring is 1. The van der Waals surface area contributed by atoms with E-state index in [1.54, 1.807) is 0 Å². The predicted molar refractivity (Wildman–Crippen MR) is 65.9 cm³/mol. The number of hydrogen-bond donors (Lipinski definition) is 2. The molecule has 0 radical (unpaired) electrons. The summed E-state index contributed by atoms with van der Waals surface area (Å²) in [5, 5.41) is 10.0. The number of carbonyl (C=O) groups is 1. The van der Waals surface area contributed by atoms with Crippen molar-refractivity contribution in [3.8, 4) is 0 Å². The van der Waals surface area contributed by atoms with Gasteiger partial charge in [0, 0.05) is 11.8 Å². The summed E-state index contributed by atoms with van der Waals surface area (Å²) >= 11 is 1.07. The summed E-state index contributed by atoms with van der Waals surface area (Å²) < 4.78 is 26.8. The zero-order chi connectivity index (χ0) is 13.8. The average molecular weight is 285 g/mol. The minimum Gasteiger partial charge on any atom is -0.336 e. The Labute approximate surface area is 111 Å². The number of rotatable bonds is 4. The molecule has 19 heavy (non-hydrogen) atoms. The molecule has 100 valence electrons. The zero-order valence-corrected chi connectivity index (χ0v) is 10.3. The Morgan fingerprint density at radius 1 is 1.42 bits per heavy atom. The molecule has 0 aliphatic heterocycles. The van der Waals surface area contributed by atoms with E-state index in [1.807, 2.05) is 0 Å². The molecule has 3 N–H and O–H groups in total. The minimum atomic E-state index is -1.02. The molecule has 1 aromatic carbocycles. The van der Waals surface area contributed by atoms with Crippen molar-refractivity contribution in [3.63, 3.8) is 0 Å². The van der Waals surface area contributed by atoms with Crippen molar-refractivity contribution in [2.45, 2.75) is 5.16 Å². The van der Waals surface area contributed by atoms with Gasteiger partial charge in [0.25, 0.3) is 0 Å². The summed E-state index contributed by atoms with van der Waals surface area (Å²) in [6.45, 7) is 0. The summed E-state index contributed by atoms with van der Waals surface area (Å²) in [4.78, 5) is 11.6. The Balaban J connectivity index is 1.91. The third-order valence-electron chi connectivity index (χ3n) is 2.08. The van der Waals surface area contributed by atoms with Crippen LogP contribution in [0.2, 0.25) is 0 Å². The molecule has 0 bridgehead atoms. The van der Waals surface area contributed by atoms with E-state index in [-0.39, 0.29) is 17.3 Å². The number of hydrogen-bond acceptors (Lipinski definition) is 5. The molecule has 0 saturated heterocycles. The van der Waals surface area contributed by atoms with Crippen LogP contribution in [0.4, 0.5) is 14.5 Å². The minimum absolute atomic E-state index is 0.0227. The Bertz CT molecular complexity index is 603. The number of nitrogens with zero attached hydrogens (tertiary/aromatic N) is 3. The molecule has 0 aliphatic rings. The fourth-order valence-corrected chi connectivity index (χ4v) is 1.87. The first-order valence-electron chi connectivity index (χ1n) is 5.09. The molecule has 2 rings (SSSR count). The van der Waals surface area contributed by atoms with Gasteiger partial charge in [0.05, 0.1) is 5.75 Å². The largest absolute Gasteiger partial charge is 0.336 e. The van der Waals surface area contributed by atoms with E-state index in [1.165, 1.54) is 17.1 Å². The smallest absolute Gasteiger partial charge is 0.234 e. The van der Waals surface area contributed by atoms with Crippen LogP contribution in [-0.4, -0.2) is 26.5 Å². The first kappa shape index (κ1) is 13.3. The number of nitrogens with two attached hydrogens (primary N) is 1. The summed E-state index contributed by atoms with van der Waals surface area (Å²) in [5.74, 6) is 3.11. The van der Waals surface area contributed by atoms with Crippen molar-refractivity contribution in [2.24, 2.45) is 0 Å². The Morgan fingerprint density at radius 2 is 2.21 bits per heavy atom. The van der Waals surface area contributed by atoms with Crippen molar-refractivity contribution in [1.29, 1.82) is 0 Å². The fraction of sp³-hybridized carbons (Fsp3) is 0.100. The molecular formula is C10H9F2N5OS. The standard InChI is InChI=1S/C10H9F2N5OS/c11-7-2-1-6(3-8(7)12)15-9(18)4-19-10-16-14-5-17(10)13/h1-3,5H,4,13H2,(H,15,18). The van der Waals surface area contributed by atoms with Crippen LogP contribution in [0.1, 0.15) is 0 Å². The van der Waals surface area contributed by atoms with Crippen molar-refractivity contribution >= 4 is 23.4 Å². The SMILES string of the molecule is Nn1cnnc1SCC(=O)Nc1ccc(F)c(F)c1. The lowest BCUT2D eigenvalue weighted by atomic mass is 10.3. The molecule has 0 saturated carbocycles. The maximum atomic E-state index is 12.9. The Kier molecular flexibility index (Phi) is 3.95. The van der Waals surface area contributed by atoms with Gasteiger partial charge in [-0.1, -0.05) is 11.8 Å². The second-order valence-corrected chi connectivity index (χ2v) is 4.43. The molecule has 1 amide bonds. The van der Waals surface area contributed by atoms with Crippen LogP contribution in [0.15, 0.2) is 29.7 Å². The van der Waals surface area contributed by atoms with Crippen molar-refractivity contribution < 1.29 is 13.6 Å². The molecule has 0 aliphatic carbocycles. The molecule has 6 nitrogen and oxygen atoms in total. The third kappa shape index (κ3) is 3.41. The van der Waals surface area contributed by atoms with E-state index in [4.69, 9.17) is 5.84 Å². The highest BCUT2D eigenvalue weighted by Gasteiger charge is 2.09. The van der Waals surface area contributed by atoms with Gasteiger partial charge in [-0.2, -0.15) is 0 Å². The lowest BCUT2D eigenvalue weighted by Crippen LogP contribution is -2.15. The molecule has 2 aromatic rings. The van der Waals surface area contributed by atoms with E-state index in [0.29, 0.717) is 5.16 Å². The maximum Gasteiger partial charge on any atom is 0.234 e. The van der Waals surface area contributed by atoms with Gasteiger partial charge in [-0.05, 0) is 12.1 Å². The highest BCUT2D eigenvalue weighted by atomic mass is 32.2. The van der Waals surface area contributed by atoms with E-state index in [9.17, 15) is 13.6 Å². The third-order valence-corrected chi connectivity index (χ3v) is 3.03. The number of anilines is 1. The lowest BCUT2D eigenvalue weighted by molar-refractivity contribution is -0.113. The van der Waals surface area contributed by atoms with Crippen LogP contribution in [0, 0.1) is 11.6 Å². The van der Waals surface area contributed by atoms with Gasteiger partial charge in [-0.3, -0.25) is 4.79 Å². The van der Waals surface area contributed by atoms with E-state index in [0.717, 1.165) is 23.9 Å². The van der Waals surface area contributed by atoms with Crippen molar-refractivity contribution in [2.75, 3.05) is 16.9 Å². The normalized spacial score (nSPS) is 10.4. The summed E-state index contributed by atoms with van der Waals surface area (Å²) in [6, 6.07) is 3.12. The van der Waals surface area contributed by atoms with Gasteiger partial charge in [0.15, 0.2) is 11.6 Å². The Morgan fingerprint density at radius 3 is 2.84 bits per heavy atom. The number of benzene rings is 1. The molecule has 0 unspecified atom stereocenters. The van der Waals surface area contributed by atoms with Crippen LogP contribution in [0.25, 0.3) is 0 Å². The Hall–Kier alpha value is -2.16. The first-order chi connectivity index (χ1) is 9.06. The molecule has 9 heteroatoms. The number of amides is 1. The fourth-order valence-electron chi connectivity index (χ4n) is 1.24. The lowest BCUT2D eigenvalue weighted by Gasteiger charge is -2.05. The average Bonchev–Trinajstić information content (AvgIpc) is 2.77. The summed E-state index contributed by atoms with van der Waals surface area (Å²) in [7, 11) is 0. The molecular weight excluding hydrogens is 276 g/mol. The maximum absolute atomic E-state index is 12.9. The molecule has 0 fully saturated rings. The van der Waals surface area contributed by atoms with Crippen molar-refractivity contribution in [3.05, 3.63) is 36.2 Å². The summed E-state index contributed by atoms with van der Waals surface area (Å²) in [5.41, 5.74) is 0.179. The van der Waals surface area contributed by atoms with Gasteiger partial charge in [0.1, 0.15) is 6.33 Å². The number of halogens is 2. The number of thioether (sulfide) groups is 1. The summed E-state index contributed by atoms with van der Waals surface area (Å²) in [6.07, 6.45) is 1.30. The highest BCUT2D eigenvalue weighted by molar-refractivity contribution is 7.99. The molecule has 0 spiro atoms. The number of carbonyl (C=O) groups excluding carboxylic acids is 1. The van der Waals surface area contributed by atoms with Gasteiger partial charge < -0.3 is 11.2 Å². The number of aromatic nitrogens is 3. The molecule has 1 heterocycles. The molecule has 1 aromatic heterocycles. The first-order valence-corrected chi connectivity index (χ1v) is 6.07. The monoisotopic (exact) mass is 285 g/mol. The van der Waals surface area contributed by atoms with E-state index >= 15 is 0 Å². The van der Waals surface area contributed by atoms with E-state index < -0.39 is 11.6 Å². The van der Waals surface area contributed by atoms with Crippen LogP contribution < -0.4 is 11.2 Å². The predicted octanol–water partition coefficient (Wildman–Crippen LogP) is 1.00. The second kappa shape index (κ2) is 5.65. The quantitative estimate of drug-likeness (QED) is 0.646. The van der Waals surface area contributed by atoms with Crippen molar-refractivity contribution in [1.82, 2.24) is 14.9 Å². The van der Waals surface area contributed by atoms with Crippen LogP contribution >= 0.6 is 11.8 Å². The van der Waals surface area contributed by atoms with E-state index in [2.05, 4.69) is 15.5 Å².